The normalized spacial score (nSPS) is 10.7. The Kier molecular flexibility index (Phi) is 5.49. The van der Waals surface area contributed by atoms with Crippen molar-refractivity contribution < 1.29 is 9.90 Å². The number of nitrogens with one attached hydrogen (secondary N) is 1. The third kappa shape index (κ3) is 4.44. The highest BCUT2D eigenvalue weighted by Gasteiger charge is 2.09. The van der Waals surface area contributed by atoms with Gasteiger partial charge in [-0.15, -0.1) is 0 Å². The summed E-state index contributed by atoms with van der Waals surface area (Å²) in [7, 11) is 0. The van der Waals surface area contributed by atoms with Gasteiger partial charge in [-0.2, -0.15) is 5.10 Å². The molecule has 1 aromatic rings. The van der Waals surface area contributed by atoms with E-state index in [0.717, 1.165) is 19.3 Å². The van der Waals surface area contributed by atoms with Crippen LogP contribution in [0.4, 0.5) is 0 Å². The second-order valence-electron chi connectivity index (χ2n) is 3.56. The molecule has 0 aliphatic heterocycles. The Morgan fingerprint density at radius 2 is 2.35 bits per heavy atom. The van der Waals surface area contributed by atoms with Crippen LogP contribution in [0.3, 0.4) is 0 Å². The molecule has 17 heavy (non-hydrogen) atoms. The first kappa shape index (κ1) is 13.5. The van der Waals surface area contributed by atoms with Crippen molar-refractivity contribution in [2.24, 2.45) is 5.10 Å². The standard InChI is InChI=1S/C12H15ClN2O2/c1-2-3-4-7-14-15-12(17)10-6-5-9(13)8-11(10)16/h5-8,16H,2-4H2,1H3,(H,15,17)/b14-7-. The molecule has 0 unspecified atom stereocenters. The number of phenolic OH excluding ortho intramolecular Hbond substituents is 1. The van der Waals surface area contributed by atoms with Gasteiger partial charge in [0.25, 0.3) is 5.91 Å². The van der Waals surface area contributed by atoms with E-state index >= 15 is 0 Å². The Morgan fingerprint density at radius 3 is 3.00 bits per heavy atom. The Labute approximate surface area is 105 Å². The van der Waals surface area contributed by atoms with E-state index in [-0.39, 0.29) is 11.3 Å². The molecule has 1 amide bonds. The maximum atomic E-state index is 11.6. The van der Waals surface area contributed by atoms with Crippen LogP contribution in [0.15, 0.2) is 23.3 Å². The lowest BCUT2D eigenvalue weighted by molar-refractivity contribution is 0.0952. The third-order valence-electron chi connectivity index (χ3n) is 2.15. The van der Waals surface area contributed by atoms with Gasteiger partial charge in [-0.05, 0) is 31.0 Å². The van der Waals surface area contributed by atoms with Crippen molar-refractivity contribution in [3.05, 3.63) is 28.8 Å². The van der Waals surface area contributed by atoms with Crippen LogP contribution in [0.2, 0.25) is 5.02 Å². The van der Waals surface area contributed by atoms with E-state index in [2.05, 4.69) is 17.5 Å². The van der Waals surface area contributed by atoms with E-state index in [1.54, 1.807) is 6.21 Å². The lowest BCUT2D eigenvalue weighted by Gasteiger charge is -2.02. The van der Waals surface area contributed by atoms with Gasteiger partial charge < -0.3 is 5.11 Å². The summed E-state index contributed by atoms with van der Waals surface area (Å²) >= 11 is 5.66. The van der Waals surface area contributed by atoms with Crippen molar-refractivity contribution in [2.75, 3.05) is 0 Å². The summed E-state index contributed by atoms with van der Waals surface area (Å²) in [6.07, 6.45) is 4.58. The Morgan fingerprint density at radius 1 is 1.59 bits per heavy atom. The average molecular weight is 255 g/mol. The zero-order valence-corrected chi connectivity index (χ0v) is 10.4. The monoisotopic (exact) mass is 254 g/mol. The van der Waals surface area contributed by atoms with E-state index in [0.29, 0.717) is 5.02 Å². The number of amides is 1. The number of aromatic hydroxyl groups is 1. The molecule has 1 rings (SSSR count). The van der Waals surface area contributed by atoms with Crippen molar-refractivity contribution in [1.29, 1.82) is 0 Å². The van der Waals surface area contributed by atoms with Crippen molar-refractivity contribution in [1.82, 2.24) is 5.43 Å². The molecule has 0 heterocycles. The Balaban J connectivity index is 2.55. The van der Waals surface area contributed by atoms with Gasteiger partial charge in [-0.3, -0.25) is 4.79 Å². The van der Waals surface area contributed by atoms with Crippen molar-refractivity contribution in [3.8, 4) is 5.75 Å². The van der Waals surface area contributed by atoms with Crippen LogP contribution in [-0.4, -0.2) is 17.2 Å². The Hall–Kier alpha value is -1.55. The SMILES string of the molecule is CCCC/C=N\NC(=O)c1ccc(Cl)cc1O. The molecular weight excluding hydrogens is 240 g/mol. The summed E-state index contributed by atoms with van der Waals surface area (Å²) in [5.41, 5.74) is 2.50. The summed E-state index contributed by atoms with van der Waals surface area (Å²) in [5, 5.41) is 13.7. The van der Waals surface area contributed by atoms with Gasteiger partial charge in [0.05, 0.1) is 5.56 Å². The predicted molar refractivity (Wildman–Crippen MR) is 68.6 cm³/mol. The molecule has 0 radical (unpaired) electrons. The first-order valence-corrected chi connectivity index (χ1v) is 5.83. The minimum Gasteiger partial charge on any atom is -0.507 e. The molecule has 4 nitrogen and oxygen atoms in total. The van der Waals surface area contributed by atoms with Crippen LogP contribution in [0.1, 0.15) is 36.5 Å². The van der Waals surface area contributed by atoms with Gasteiger partial charge in [-0.25, -0.2) is 5.43 Å². The third-order valence-corrected chi connectivity index (χ3v) is 2.38. The van der Waals surface area contributed by atoms with Gasteiger partial charge in [0.1, 0.15) is 5.75 Å². The molecule has 0 bridgehead atoms. The van der Waals surface area contributed by atoms with Gasteiger partial charge in [-0.1, -0.05) is 24.9 Å². The summed E-state index contributed by atoms with van der Waals surface area (Å²) in [5.74, 6) is -0.606. The molecule has 0 fully saturated rings. The second kappa shape index (κ2) is 6.91. The van der Waals surface area contributed by atoms with E-state index in [9.17, 15) is 9.90 Å². The zero-order valence-electron chi connectivity index (χ0n) is 9.61. The van der Waals surface area contributed by atoms with E-state index in [1.165, 1.54) is 18.2 Å². The number of halogens is 1. The number of hydrogen-bond acceptors (Lipinski definition) is 3. The summed E-state index contributed by atoms with van der Waals surface area (Å²) in [4.78, 5) is 11.6. The quantitative estimate of drug-likeness (QED) is 0.482. The largest absolute Gasteiger partial charge is 0.507 e. The van der Waals surface area contributed by atoms with Crippen LogP contribution in [0, 0.1) is 0 Å². The van der Waals surface area contributed by atoms with Crippen LogP contribution in [0.25, 0.3) is 0 Å². The van der Waals surface area contributed by atoms with Gasteiger partial charge in [0, 0.05) is 11.2 Å². The molecule has 0 atom stereocenters. The topological polar surface area (TPSA) is 61.7 Å². The smallest absolute Gasteiger partial charge is 0.275 e. The molecule has 92 valence electrons. The highest BCUT2D eigenvalue weighted by molar-refractivity contribution is 6.30. The zero-order chi connectivity index (χ0) is 12.7. The average Bonchev–Trinajstić information content (AvgIpc) is 2.28. The number of hydrogen-bond donors (Lipinski definition) is 2. The van der Waals surface area contributed by atoms with E-state index < -0.39 is 5.91 Å². The number of rotatable bonds is 5. The lowest BCUT2D eigenvalue weighted by Crippen LogP contribution is -2.17. The van der Waals surface area contributed by atoms with Crippen molar-refractivity contribution in [3.63, 3.8) is 0 Å². The van der Waals surface area contributed by atoms with Crippen LogP contribution < -0.4 is 5.43 Å². The molecule has 2 N–H and O–H groups in total. The number of phenols is 1. The molecule has 0 saturated carbocycles. The predicted octanol–water partition coefficient (Wildman–Crippen LogP) is 2.95. The van der Waals surface area contributed by atoms with Crippen molar-refractivity contribution >= 4 is 23.7 Å². The highest BCUT2D eigenvalue weighted by atomic mass is 35.5. The fraction of sp³-hybridized carbons (Fsp3) is 0.333. The molecular formula is C12H15ClN2O2. The number of benzene rings is 1. The molecule has 0 saturated heterocycles. The molecule has 0 aliphatic carbocycles. The number of unbranched alkanes of at least 4 members (excludes halogenated alkanes) is 2. The van der Waals surface area contributed by atoms with Crippen LogP contribution >= 0.6 is 11.6 Å². The maximum Gasteiger partial charge on any atom is 0.275 e. The highest BCUT2D eigenvalue weighted by Crippen LogP contribution is 2.21. The first-order chi connectivity index (χ1) is 8.15. The van der Waals surface area contributed by atoms with Gasteiger partial charge >= 0.3 is 0 Å². The van der Waals surface area contributed by atoms with Gasteiger partial charge in [0.2, 0.25) is 0 Å². The Bertz CT molecular complexity index is 419. The van der Waals surface area contributed by atoms with E-state index in [4.69, 9.17) is 11.6 Å². The number of carbonyl (C=O) groups excluding carboxylic acids is 1. The van der Waals surface area contributed by atoms with Crippen LogP contribution in [0.5, 0.6) is 5.75 Å². The van der Waals surface area contributed by atoms with Crippen LogP contribution in [-0.2, 0) is 0 Å². The minimum absolute atomic E-state index is 0.154. The molecule has 0 aliphatic rings. The fourth-order valence-corrected chi connectivity index (χ4v) is 1.39. The molecule has 5 heteroatoms. The summed E-state index contributed by atoms with van der Waals surface area (Å²) in [6, 6.07) is 4.31. The summed E-state index contributed by atoms with van der Waals surface area (Å²) in [6.45, 7) is 2.08. The van der Waals surface area contributed by atoms with E-state index in [1.807, 2.05) is 0 Å². The molecule has 0 spiro atoms. The second-order valence-corrected chi connectivity index (χ2v) is 3.99. The summed E-state index contributed by atoms with van der Waals surface area (Å²) < 4.78 is 0. The lowest BCUT2D eigenvalue weighted by atomic mass is 10.2. The minimum atomic E-state index is -0.452. The number of hydrazone groups is 1. The fourth-order valence-electron chi connectivity index (χ4n) is 1.22. The maximum absolute atomic E-state index is 11.6. The molecule has 1 aromatic carbocycles. The molecule has 0 aromatic heterocycles. The van der Waals surface area contributed by atoms with Gasteiger partial charge in [0.15, 0.2) is 0 Å². The number of carbonyl (C=O) groups is 1. The first-order valence-electron chi connectivity index (χ1n) is 5.45. The number of nitrogens with zero attached hydrogens (tertiary/aromatic N) is 1. The van der Waals surface area contributed by atoms with Crippen molar-refractivity contribution in [2.45, 2.75) is 26.2 Å².